The van der Waals surface area contributed by atoms with Crippen molar-refractivity contribution in [3.63, 3.8) is 0 Å². The number of rotatable bonds is 7. The lowest BCUT2D eigenvalue weighted by Crippen LogP contribution is -2.47. The molecule has 0 aliphatic heterocycles. The molecule has 1 unspecified atom stereocenters. The standard InChI is InChI=1S/C18H26N4O.2ClH/c1-13(2)14(3)21-18(23)17(19)9-16-11-22(12-20-16)10-15-7-5-4-6-8-15;;/h4-8,11-14,17H,9-10,19H2,1-3H3,(H,21,23);2*1H/t14?,17-;;/m0../s1. The highest BCUT2D eigenvalue weighted by molar-refractivity contribution is 5.85. The summed E-state index contributed by atoms with van der Waals surface area (Å²) in [5.74, 6) is 0.264. The van der Waals surface area contributed by atoms with E-state index in [1.807, 2.05) is 35.9 Å². The third-order valence-corrected chi connectivity index (χ3v) is 4.03. The molecule has 0 saturated carbocycles. The Labute approximate surface area is 162 Å². The largest absolute Gasteiger partial charge is 0.352 e. The molecule has 0 radical (unpaired) electrons. The molecule has 0 aliphatic carbocycles. The molecule has 1 heterocycles. The Morgan fingerprint density at radius 1 is 1.20 bits per heavy atom. The summed E-state index contributed by atoms with van der Waals surface area (Å²) >= 11 is 0. The fourth-order valence-corrected chi connectivity index (χ4v) is 2.21. The molecule has 0 bridgehead atoms. The van der Waals surface area contributed by atoms with Crippen molar-refractivity contribution in [3.05, 3.63) is 54.1 Å². The third kappa shape index (κ3) is 7.46. The summed E-state index contributed by atoms with van der Waals surface area (Å²) in [6, 6.07) is 9.73. The molecule has 25 heavy (non-hydrogen) atoms. The highest BCUT2D eigenvalue weighted by Crippen LogP contribution is 2.06. The number of benzene rings is 1. The van der Waals surface area contributed by atoms with Crippen molar-refractivity contribution in [1.82, 2.24) is 14.9 Å². The van der Waals surface area contributed by atoms with E-state index in [-0.39, 0.29) is 36.8 Å². The maximum Gasteiger partial charge on any atom is 0.237 e. The lowest BCUT2D eigenvalue weighted by molar-refractivity contribution is -0.123. The van der Waals surface area contributed by atoms with Crippen LogP contribution >= 0.6 is 24.8 Å². The van der Waals surface area contributed by atoms with Crippen molar-refractivity contribution in [2.45, 2.75) is 45.8 Å². The minimum absolute atomic E-state index is 0. The third-order valence-electron chi connectivity index (χ3n) is 4.03. The van der Waals surface area contributed by atoms with E-state index in [9.17, 15) is 4.79 Å². The van der Waals surface area contributed by atoms with Gasteiger partial charge in [0.05, 0.1) is 18.1 Å². The van der Waals surface area contributed by atoms with E-state index >= 15 is 0 Å². The van der Waals surface area contributed by atoms with E-state index in [2.05, 4.69) is 36.3 Å². The molecule has 1 aromatic heterocycles. The first kappa shape index (κ1) is 23.4. The number of halogens is 2. The number of amides is 1. The van der Waals surface area contributed by atoms with Crippen LogP contribution in [0.2, 0.25) is 0 Å². The molecule has 7 heteroatoms. The predicted molar refractivity (Wildman–Crippen MR) is 106 cm³/mol. The first-order chi connectivity index (χ1) is 11.0. The number of nitrogens with zero attached hydrogens (tertiary/aromatic N) is 2. The van der Waals surface area contributed by atoms with E-state index in [4.69, 9.17) is 5.73 Å². The van der Waals surface area contributed by atoms with Gasteiger partial charge >= 0.3 is 0 Å². The van der Waals surface area contributed by atoms with Gasteiger partial charge in [-0.25, -0.2) is 4.98 Å². The molecule has 5 nitrogen and oxygen atoms in total. The summed E-state index contributed by atoms with van der Waals surface area (Å²) < 4.78 is 2.01. The van der Waals surface area contributed by atoms with Crippen molar-refractivity contribution in [3.8, 4) is 0 Å². The zero-order chi connectivity index (χ0) is 16.8. The molecular weight excluding hydrogens is 359 g/mol. The van der Waals surface area contributed by atoms with Crippen LogP contribution < -0.4 is 11.1 Å². The second-order valence-electron chi connectivity index (χ2n) is 6.37. The average molecular weight is 387 g/mol. The Hall–Kier alpha value is -1.56. The minimum Gasteiger partial charge on any atom is -0.352 e. The minimum atomic E-state index is -0.573. The van der Waals surface area contributed by atoms with E-state index in [0.717, 1.165) is 12.2 Å². The van der Waals surface area contributed by atoms with Gasteiger partial charge in [0.2, 0.25) is 5.91 Å². The Kier molecular flexibility index (Phi) is 10.4. The Bertz CT molecular complexity index is 631. The van der Waals surface area contributed by atoms with Crippen molar-refractivity contribution >= 4 is 30.7 Å². The molecule has 2 atom stereocenters. The van der Waals surface area contributed by atoms with Crippen LogP contribution in [0.25, 0.3) is 0 Å². The summed E-state index contributed by atoms with van der Waals surface area (Å²) in [4.78, 5) is 16.4. The van der Waals surface area contributed by atoms with Gasteiger partial charge in [-0.1, -0.05) is 44.2 Å². The Balaban J connectivity index is 0.00000288. The highest BCUT2D eigenvalue weighted by Gasteiger charge is 2.18. The van der Waals surface area contributed by atoms with Crippen LogP contribution in [0, 0.1) is 5.92 Å². The van der Waals surface area contributed by atoms with E-state index in [1.165, 1.54) is 5.56 Å². The van der Waals surface area contributed by atoms with Crippen LogP contribution in [-0.2, 0) is 17.8 Å². The molecule has 3 N–H and O–H groups in total. The number of nitrogens with one attached hydrogen (secondary N) is 1. The van der Waals surface area contributed by atoms with Crippen LogP contribution in [0.15, 0.2) is 42.9 Å². The molecule has 0 spiro atoms. The molecule has 2 rings (SSSR count). The summed E-state index contributed by atoms with van der Waals surface area (Å²) in [6.45, 7) is 6.90. The first-order valence-corrected chi connectivity index (χ1v) is 8.06. The Morgan fingerprint density at radius 2 is 1.84 bits per heavy atom. The number of nitrogens with two attached hydrogens (primary N) is 1. The van der Waals surface area contributed by atoms with Gasteiger partial charge < -0.3 is 15.6 Å². The van der Waals surface area contributed by atoms with Crippen LogP contribution in [0.5, 0.6) is 0 Å². The number of hydrogen-bond acceptors (Lipinski definition) is 3. The fraction of sp³-hybridized carbons (Fsp3) is 0.444. The van der Waals surface area contributed by atoms with E-state index in [1.54, 1.807) is 6.33 Å². The van der Waals surface area contributed by atoms with Crippen LogP contribution in [0.1, 0.15) is 32.0 Å². The number of aromatic nitrogens is 2. The van der Waals surface area contributed by atoms with Gasteiger partial charge in [-0.3, -0.25) is 4.79 Å². The molecule has 1 amide bonds. The van der Waals surface area contributed by atoms with Crippen LogP contribution in [0.3, 0.4) is 0 Å². The summed E-state index contributed by atoms with van der Waals surface area (Å²) in [6.07, 6.45) is 4.17. The van der Waals surface area contributed by atoms with E-state index < -0.39 is 6.04 Å². The van der Waals surface area contributed by atoms with Gasteiger partial charge in [0.25, 0.3) is 0 Å². The summed E-state index contributed by atoms with van der Waals surface area (Å²) in [5, 5.41) is 2.95. The Morgan fingerprint density at radius 3 is 2.44 bits per heavy atom. The van der Waals surface area contributed by atoms with Gasteiger partial charge in [0, 0.05) is 25.2 Å². The van der Waals surface area contributed by atoms with Gasteiger partial charge in [-0.15, -0.1) is 24.8 Å². The van der Waals surface area contributed by atoms with Gasteiger partial charge in [-0.05, 0) is 18.4 Å². The van der Waals surface area contributed by atoms with Crippen LogP contribution in [-0.4, -0.2) is 27.5 Å². The lowest BCUT2D eigenvalue weighted by Gasteiger charge is -2.19. The van der Waals surface area contributed by atoms with Crippen molar-refractivity contribution in [1.29, 1.82) is 0 Å². The monoisotopic (exact) mass is 386 g/mol. The van der Waals surface area contributed by atoms with Crippen molar-refractivity contribution in [2.75, 3.05) is 0 Å². The van der Waals surface area contributed by atoms with Gasteiger partial charge in [0.15, 0.2) is 0 Å². The number of carbonyl (C=O) groups excluding carboxylic acids is 1. The number of carbonyl (C=O) groups is 1. The second-order valence-corrected chi connectivity index (χ2v) is 6.37. The van der Waals surface area contributed by atoms with E-state index in [0.29, 0.717) is 12.3 Å². The molecule has 140 valence electrons. The predicted octanol–water partition coefficient (Wildman–Crippen LogP) is 2.81. The van der Waals surface area contributed by atoms with Crippen molar-refractivity contribution in [2.24, 2.45) is 11.7 Å². The SMILES string of the molecule is CC(C)C(C)NC(=O)[C@@H](N)Cc1cn(Cc2ccccc2)cn1.Cl.Cl. The first-order valence-electron chi connectivity index (χ1n) is 8.06. The summed E-state index contributed by atoms with van der Waals surface area (Å²) in [5.41, 5.74) is 8.04. The maximum atomic E-state index is 12.1. The smallest absolute Gasteiger partial charge is 0.237 e. The fourth-order valence-electron chi connectivity index (χ4n) is 2.21. The van der Waals surface area contributed by atoms with Crippen molar-refractivity contribution < 1.29 is 4.79 Å². The molecule has 0 fully saturated rings. The molecule has 1 aromatic carbocycles. The summed E-state index contributed by atoms with van der Waals surface area (Å²) in [7, 11) is 0. The normalized spacial score (nSPS) is 12.7. The highest BCUT2D eigenvalue weighted by atomic mass is 35.5. The molecular formula is C18H28Cl2N4O. The second kappa shape index (κ2) is 11.1. The average Bonchev–Trinajstić information content (AvgIpc) is 2.95. The maximum absolute atomic E-state index is 12.1. The topological polar surface area (TPSA) is 72.9 Å². The number of hydrogen-bond donors (Lipinski definition) is 2. The number of imidazole rings is 1. The van der Waals surface area contributed by atoms with Crippen LogP contribution in [0.4, 0.5) is 0 Å². The van der Waals surface area contributed by atoms with Gasteiger partial charge in [0.1, 0.15) is 0 Å². The molecule has 0 saturated heterocycles. The quantitative estimate of drug-likeness (QED) is 0.767. The lowest BCUT2D eigenvalue weighted by atomic mass is 10.1. The van der Waals surface area contributed by atoms with Gasteiger partial charge in [-0.2, -0.15) is 0 Å². The zero-order valence-corrected chi connectivity index (χ0v) is 16.5. The molecule has 0 aliphatic rings. The molecule has 2 aromatic rings. The zero-order valence-electron chi connectivity index (χ0n) is 14.9.